The van der Waals surface area contributed by atoms with Crippen molar-refractivity contribution in [1.82, 2.24) is 39.9 Å². The minimum absolute atomic E-state index is 0. The maximum absolute atomic E-state index is 5.57. The Kier molecular flexibility index (Phi) is 5.60. The monoisotopic (exact) mass is 388 g/mol. The Balaban J connectivity index is 0.000000187. The smallest absolute Gasteiger partial charge is 0.224 e. The zero-order valence-corrected chi connectivity index (χ0v) is 15.3. The standard InChI is InChI=1S/2C7H8N6.ClH/c2*1-3-2-10-4-5(8)12-7(9)13-6(4)11-3;/h2*2H,1H3,(H4,8,9,11,12,13);1H. The Bertz CT molecular complexity index is 1020. The zero-order valence-electron chi connectivity index (χ0n) is 14.5. The highest BCUT2D eigenvalue weighted by Gasteiger charge is 2.06. The van der Waals surface area contributed by atoms with Crippen molar-refractivity contribution >= 4 is 58.3 Å². The topological polar surface area (TPSA) is 207 Å². The molecule has 4 aromatic heterocycles. The molecule has 0 spiro atoms. The fourth-order valence-corrected chi connectivity index (χ4v) is 2.07. The molecule has 0 aromatic carbocycles. The van der Waals surface area contributed by atoms with Crippen LogP contribution in [0.3, 0.4) is 0 Å². The Hall–Kier alpha value is -3.67. The van der Waals surface area contributed by atoms with Crippen LogP contribution in [-0.4, -0.2) is 39.9 Å². The Labute approximate surface area is 159 Å². The molecule has 0 aliphatic heterocycles. The summed E-state index contributed by atoms with van der Waals surface area (Å²) in [6.07, 6.45) is 3.22. The summed E-state index contributed by atoms with van der Waals surface area (Å²) in [7, 11) is 0. The highest BCUT2D eigenvalue weighted by Crippen LogP contribution is 2.14. The van der Waals surface area contributed by atoms with Crippen LogP contribution in [0.15, 0.2) is 12.4 Å². The van der Waals surface area contributed by atoms with Gasteiger partial charge < -0.3 is 22.9 Å². The van der Waals surface area contributed by atoms with E-state index in [1.807, 2.05) is 13.8 Å². The number of aryl methyl sites for hydroxylation is 2. The molecule has 0 amide bonds. The van der Waals surface area contributed by atoms with Crippen LogP contribution in [0, 0.1) is 13.8 Å². The van der Waals surface area contributed by atoms with Gasteiger partial charge in [0.1, 0.15) is 11.0 Å². The van der Waals surface area contributed by atoms with Gasteiger partial charge in [0, 0.05) is 12.4 Å². The van der Waals surface area contributed by atoms with E-state index in [2.05, 4.69) is 39.9 Å². The molecule has 0 aliphatic carbocycles. The average molecular weight is 389 g/mol. The molecule has 0 atom stereocenters. The van der Waals surface area contributed by atoms with Gasteiger partial charge in [0.25, 0.3) is 0 Å². The van der Waals surface area contributed by atoms with Gasteiger partial charge in [-0.25, -0.2) is 19.9 Å². The number of anilines is 4. The summed E-state index contributed by atoms with van der Waals surface area (Å²) in [4.78, 5) is 31.7. The summed E-state index contributed by atoms with van der Waals surface area (Å²) in [5.74, 6) is 0.750. The molecule has 0 unspecified atom stereocenters. The van der Waals surface area contributed by atoms with Crippen LogP contribution in [0.2, 0.25) is 0 Å². The van der Waals surface area contributed by atoms with Crippen LogP contribution in [0.4, 0.5) is 23.5 Å². The van der Waals surface area contributed by atoms with Crippen LogP contribution in [0.25, 0.3) is 22.3 Å². The number of rotatable bonds is 0. The number of nitrogens with zero attached hydrogens (tertiary/aromatic N) is 8. The molecule has 4 rings (SSSR count). The largest absolute Gasteiger partial charge is 0.382 e. The maximum Gasteiger partial charge on any atom is 0.224 e. The van der Waals surface area contributed by atoms with Crippen LogP contribution in [0.5, 0.6) is 0 Å². The van der Waals surface area contributed by atoms with Gasteiger partial charge in [-0.2, -0.15) is 19.9 Å². The van der Waals surface area contributed by atoms with Crippen molar-refractivity contribution < 1.29 is 0 Å². The number of aromatic nitrogens is 8. The molecular formula is C14H17ClN12. The van der Waals surface area contributed by atoms with Gasteiger partial charge >= 0.3 is 0 Å². The third-order valence-corrected chi connectivity index (χ3v) is 3.15. The van der Waals surface area contributed by atoms with Gasteiger partial charge in [-0.05, 0) is 13.8 Å². The molecule has 140 valence electrons. The number of fused-ring (bicyclic) bond motifs is 2. The highest BCUT2D eigenvalue weighted by atomic mass is 35.5. The maximum atomic E-state index is 5.57. The van der Waals surface area contributed by atoms with Crippen molar-refractivity contribution in [3.8, 4) is 0 Å². The van der Waals surface area contributed by atoms with Crippen LogP contribution in [0.1, 0.15) is 11.4 Å². The molecule has 27 heavy (non-hydrogen) atoms. The fourth-order valence-electron chi connectivity index (χ4n) is 2.07. The normalized spacial score (nSPS) is 10.1. The van der Waals surface area contributed by atoms with E-state index in [-0.39, 0.29) is 35.9 Å². The molecule has 12 nitrogen and oxygen atoms in total. The van der Waals surface area contributed by atoms with Gasteiger partial charge in [0.2, 0.25) is 11.9 Å². The lowest BCUT2D eigenvalue weighted by Gasteiger charge is -2.00. The zero-order chi connectivity index (χ0) is 18.8. The second-order valence-electron chi connectivity index (χ2n) is 5.30. The van der Waals surface area contributed by atoms with Crippen molar-refractivity contribution in [3.05, 3.63) is 23.8 Å². The van der Waals surface area contributed by atoms with Crippen molar-refractivity contribution in [2.75, 3.05) is 22.9 Å². The second-order valence-corrected chi connectivity index (χ2v) is 5.30. The molecule has 4 aromatic rings. The summed E-state index contributed by atoms with van der Waals surface area (Å²) in [6.45, 7) is 3.64. The molecule has 13 heteroatoms. The minimum atomic E-state index is 0. The van der Waals surface area contributed by atoms with Crippen LogP contribution >= 0.6 is 12.4 Å². The second kappa shape index (κ2) is 7.70. The van der Waals surface area contributed by atoms with E-state index in [4.69, 9.17) is 22.9 Å². The number of nitrogen functional groups attached to an aromatic ring is 4. The third-order valence-electron chi connectivity index (χ3n) is 3.15. The molecule has 0 fully saturated rings. The van der Waals surface area contributed by atoms with Gasteiger partial charge in [-0.15, -0.1) is 12.4 Å². The average Bonchev–Trinajstić information content (AvgIpc) is 2.54. The first-order valence-electron chi connectivity index (χ1n) is 7.38. The number of halogens is 1. The van der Waals surface area contributed by atoms with Crippen molar-refractivity contribution in [2.24, 2.45) is 0 Å². The third kappa shape index (κ3) is 4.30. The summed E-state index contributed by atoms with van der Waals surface area (Å²) in [6, 6.07) is 0. The van der Waals surface area contributed by atoms with E-state index in [1.165, 1.54) is 0 Å². The quantitative estimate of drug-likeness (QED) is 0.318. The van der Waals surface area contributed by atoms with Crippen molar-refractivity contribution in [3.63, 3.8) is 0 Å². The van der Waals surface area contributed by atoms with Gasteiger partial charge in [0.05, 0.1) is 11.4 Å². The number of hydrogen-bond acceptors (Lipinski definition) is 12. The van der Waals surface area contributed by atoms with E-state index in [0.29, 0.717) is 22.3 Å². The van der Waals surface area contributed by atoms with Crippen molar-refractivity contribution in [2.45, 2.75) is 13.8 Å². The minimum Gasteiger partial charge on any atom is -0.382 e. The lowest BCUT2D eigenvalue weighted by molar-refractivity contribution is 1.12. The summed E-state index contributed by atoms with van der Waals surface area (Å²) >= 11 is 0. The van der Waals surface area contributed by atoms with E-state index in [0.717, 1.165) is 11.4 Å². The first kappa shape index (κ1) is 19.7. The predicted molar refractivity (Wildman–Crippen MR) is 105 cm³/mol. The van der Waals surface area contributed by atoms with Gasteiger partial charge in [0.15, 0.2) is 22.9 Å². The Morgan fingerprint density at radius 3 is 1.33 bits per heavy atom. The lowest BCUT2D eigenvalue weighted by atomic mass is 10.4. The van der Waals surface area contributed by atoms with Gasteiger partial charge in [-0.1, -0.05) is 0 Å². The van der Waals surface area contributed by atoms with Crippen LogP contribution in [-0.2, 0) is 0 Å². The van der Waals surface area contributed by atoms with Gasteiger partial charge in [-0.3, -0.25) is 0 Å². The first-order chi connectivity index (χ1) is 12.3. The molecule has 0 radical (unpaired) electrons. The Morgan fingerprint density at radius 1 is 0.593 bits per heavy atom. The number of nitrogens with two attached hydrogens (primary N) is 4. The molecule has 0 aliphatic rings. The van der Waals surface area contributed by atoms with E-state index in [1.54, 1.807) is 12.4 Å². The lowest BCUT2D eigenvalue weighted by Crippen LogP contribution is -2.03. The van der Waals surface area contributed by atoms with E-state index in [9.17, 15) is 0 Å². The van der Waals surface area contributed by atoms with E-state index < -0.39 is 0 Å². The molecule has 0 bridgehead atoms. The first-order valence-corrected chi connectivity index (χ1v) is 7.38. The molecular weight excluding hydrogens is 372 g/mol. The SMILES string of the molecule is Cc1cnc2c(N)nc(N)nc2n1.Cc1cnc2c(N)nc(N)nc2n1.Cl. The molecule has 0 saturated heterocycles. The predicted octanol–water partition coefficient (Wildman–Crippen LogP) is 0.207. The fraction of sp³-hybridized carbons (Fsp3) is 0.143. The summed E-state index contributed by atoms with van der Waals surface area (Å²) in [5.41, 5.74) is 25.3. The van der Waals surface area contributed by atoms with E-state index >= 15 is 0 Å². The molecule has 8 N–H and O–H groups in total. The highest BCUT2D eigenvalue weighted by molar-refractivity contribution is 5.85. The van der Waals surface area contributed by atoms with Crippen molar-refractivity contribution in [1.29, 1.82) is 0 Å². The summed E-state index contributed by atoms with van der Waals surface area (Å²) < 4.78 is 0. The molecule has 0 saturated carbocycles. The summed E-state index contributed by atoms with van der Waals surface area (Å²) in [5, 5.41) is 0. The number of hydrogen-bond donors (Lipinski definition) is 4. The van der Waals surface area contributed by atoms with Crippen LogP contribution < -0.4 is 22.9 Å². The Morgan fingerprint density at radius 2 is 0.963 bits per heavy atom. The molecule has 4 heterocycles.